The molecule has 0 unspecified atom stereocenters. The maximum Gasteiger partial charge on any atom is 0.147 e. The van der Waals surface area contributed by atoms with Gasteiger partial charge in [0.15, 0.2) is 0 Å². The third kappa shape index (κ3) is 1.65. The van der Waals surface area contributed by atoms with Crippen LogP contribution in [0.1, 0.15) is 11.3 Å². The van der Waals surface area contributed by atoms with Crippen molar-refractivity contribution in [3.05, 3.63) is 33.1 Å². The van der Waals surface area contributed by atoms with Crippen molar-refractivity contribution in [1.29, 1.82) is 0 Å². The minimum absolute atomic E-state index is 0.0194. The van der Waals surface area contributed by atoms with E-state index in [1.807, 2.05) is 12.1 Å². The molecular formula is C10H9IO3. The van der Waals surface area contributed by atoms with Crippen LogP contribution in [0.15, 0.2) is 22.6 Å². The Balaban J connectivity index is 2.67. The lowest BCUT2D eigenvalue weighted by molar-refractivity contribution is 0.251. The van der Waals surface area contributed by atoms with E-state index in [1.54, 1.807) is 6.07 Å². The van der Waals surface area contributed by atoms with Gasteiger partial charge < -0.3 is 14.6 Å². The number of aliphatic hydroxyl groups excluding tert-OH is 2. The summed E-state index contributed by atoms with van der Waals surface area (Å²) in [5.41, 5.74) is 1.62. The molecule has 2 rings (SSSR count). The van der Waals surface area contributed by atoms with Gasteiger partial charge in [-0.3, -0.25) is 0 Å². The Labute approximate surface area is 94.5 Å². The molecule has 4 heteroatoms. The predicted octanol–water partition coefficient (Wildman–Crippen LogP) is 2.02. The average Bonchev–Trinajstić information content (AvgIpc) is 2.61. The minimum Gasteiger partial charge on any atom is -0.458 e. The summed E-state index contributed by atoms with van der Waals surface area (Å²) < 4.78 is 6.36. The predicted molar refractivity (Wildman–Crippen MR) is 60.8 cm³/mol. The van der Waals surface area contributed by atoms with Gasteiger partial charge in [0.1, 0.15) is 18.0 Å². The Morgan fingerprint density at radius 2 is 1.93 bits per heavy atom. The van der Waals surface area contributed by atoms with E-state index in [0.29, 0.717) is 5.76 Å². The fourth-order valence-corrected chi connectivity index (χ4v) is 2.21. The van der Waals surface area contributed by atoms with Crippen molar-refractivity contribution in [1.82, 2.24) is 0 Å². The number of fused-ring (bicyclic) bond motifs is 1. The van der Waals surface area contributed by atoms with Gasteiger partial charge in [-0.05, 0) is 46.4 Å². The van der Waals surface area contributed by atoms with Crippen LogP contribution >= 0.6 is 22.6 Å². The summed E-state index contributed by atoms with van der Waals surface area (Å²) in [7, 11) is 0. The van der Waals surface area contributed by atoms with E-state index >= 15 is 0 Å². The van der Waals surface area contributed by atoms with Crippen LogP contribution in [-0.4, -0.2) is 10.2 Å². The highest BCUT2D eigenvalue weighted by Crippen LogP contribution is 2.26. The van der Waals surface area contributed by atoms with Gasteiger partial charge in [-0.25, -0.2) is 0 Å². The number of furan rings is 1. The molecule has 14 heavy (non-hydrogen) atoms. The summed E-state index contributed by atoms with van der Waals surface area (Å²) in [6.45, 7) is -0.0786. The average molecular weight is 304 g/mol. The maximum absolute atomic E-state index is 9.00. The van der Waals surface area contributed by atoms with Crippen molar-refractivity contribution in [2.45, 2.75) is 13.2 Å². The second kappa shape index (κ2) is 3.88. The highest BCUT2D eigenvalue weighted by molar-refractivity contribution is 14.1. The summed E-state index contributed by atoms with van der Waals surface area (Å²) in [6, 6.07) is 5.52. The van der Waals surface area contributed by atoms with Gasteiger partial charge >= 0.3 is 0 Å². The maximum atomic E-state index is 9.00. The smallest absolute Gasteiger partial charge is 0.147 e. The molecule has 0 saturated heterocycles. The molecule has 0 aliphatic carbocycles. The van der Waals surface area contributed by atoms with Gasteiger partial charge in [0.05, 0.1) is 10.2 Å². The Morgan fingerprint density at radius 3 is 2.57 bits per heavy atom. The number of hydrogen-bond acceptors (Lipinski definition) is 3. The van der Waals surface area contributed by atoms with Gasteiger partial charge in [-0.15, -0.1) is 0 Å². The Bertz CT molecular complexity index is 462. The lowest BCUT2D eigenvalue weighted by atomic mass is 10.2. The van der Waals surface area contributed by atoms with Gasteiger partial charge in [-0.1, -0.05) is 0 Å². The zero-order valence-electron chi connectivity index (χ0n) is 7.33. The molecule has 1 aromatic carbocycles. The highest BCUT2D eigenvalue weighted by Gasteiger charge is 2.07. The summed E-state index contributed by atoms with van der Waals surface area (Å²) in [6.07, 6.45) is 0. The van der Waals surface area contributed by atoms with E-state index in [2.05, 4.69) is 22.6 Å². The molecule has 0 spiro atoms. The molecule has 3 nitrogen and oxygen atoms in total. The normalized spacial score (nSPS) is 11.1. The number of rotatable bonds is 2. The van der Waals surface area contributed by atoms with Crippen molar-refractivity contribution in [2.75, 3.05) is 0 Å². The molecule has 2 aromatic rings. The first-order valence-electron chi connectivity index (χ1n) is 4.17. The molecule has 1 heterocycles. The van der Waals surface area contributed by atoms with Gasteiger partial charge in [0.25, 0.3) is 0 Å². The SMILES string of the molecule is OCc1cc(I)c2oc(CO)cc2c1. The highest BCUT2D eigenvalue weighted by atomic mass is 127. The van der Waals surface area contributed by atoms with E-state index in [0.717, 1.165) is 20.1 Å². The molecule has 74 valence electrons. The third-order valence-electron chi connectivity index (χ3n) is 2.02. The Hall–Kier alpha value is -0.590. The zero-order chi connectivity index (χ0) is 10.1. The Morgan fingerprint density at radius 1 is 1.14 bits per heavy atom. The molecule has 0 atom stereocenters. The summed E-state index contributed by atoms with van der Waals surface area (Å²) >= 11 is 2.15. The van der Waals surface area contributed by atoms with Crippen LogP contribution in [0.2, 0.25) is 0 Å². The quantitative estimate of drug-likeness (QED) is 0.835. The van der Waals surface area contributed by atoms with E-state index in [-0.39, 0.29) is 13.2 Å². The van der Waals surface area contributed by atoms with Gasteiger partial charge in [-0.2, -0.15) is 0 Å². The lowest BCUT2D eigenvalue weighted by Gasteiger charge is -1.97. The fourth-order valence-electron chi connectivity index (χ4n) is 1.39. The zero-order valence-corrected chi connectivity index (χ0v) is 9.48. The topological polar surface area (TPSA) is 53.6 Å². The van der Waals surface area contributed by atoms with Crippen LogP contribution in [0.25, 0.3) is 11.0 Å². The summed E-state index contributed by atoms with van der Waals surface area (Å²) in [5.74, 6) is 0.549. The molecular weight excluding hydrogens is 295 g/mol. The van der Waals surface area contributed by atoms with E-state index in [9.17, 15) is 0 Å². The first-order valence-corrected chi connectivity index (χ1v) is 5.25. The molecule has 0 aliphatic heterocycles. The number of aliphatic hydroxyl groups is 2. The van der Waals surface area contributed by atoms with Crippen molar-refractivity contribution < 1.29 is 14.6 Å². The van der Waals surface area contributed by atoms with Crippen LogP contribution in [0.5, 0.6) is 0 Å². The molecule has 0 saturated carbocycles. The first kappa shape index (κ1) is 9.95. The van der Waals surface area contributed by atoms with Crippen LogP contribution in [0.3, 0.4) is 0 Å². The fraction of sp³-hybridized carbons (Fsp3) is 0.200. The monoisotopic (exact) mass is 304 g/mol. The molecule has 0 amide bonds. The van der Waals surface area contributed by atoms with Crippen molar-refractivity contribution in [3.63, 3.8) is 0 Å². The van der Waals surface area contributed by atoms with Crippen LogP contribution < -0.4 is 0 Å². The number of benzene rings is 1. The van der Waals surface area contributed by atoms with E-state index in [4.69, 9.17) is 14.6 Å². The Kier molecular flexibility index (Phi) is 2.76. The van der Waals surface area contributed by atoms with E-state index < -0.39 is 0 Å². The number of hydrogen-bond donors (Lipinski definition) is 2. The van der Waals surface area contributed by atoms with Crippen molar-refractivity contribution in [3.8, 4) is 0 Å². The largest absolute Gasteiger partial charge is 0.458 e. The van der Waals surface area contributed by atoms with Crippen LogP contribution in [0.4, 0.5) is 0 Å². The molecule has 0 aliphatic rings. The lowest BCUT2D eigenvalue weighted by Crippen LogP contribution is -1.83. The van der Waals surface area contributed by atoms with Gasteiger partial charge in [0.2, 0.25) is 0 Å². The molecule has 0 bridgehead atoms. The third-order valence-corrected chi connectivity index (χ3v) is 2.82. The van der Waals surface area contributed by atoms with Gasteiger partial charge in [0, 0.05) is 5.39 Å². The standard InChI is InChI=1S/C10H9IO3/c11-9-2-6(4-12)1-7-3-8(5-13)14-10(7)9/h1-3,12-13H,4-5H2. The minimum atomic E-state index is -0.0980. The number of halogens is 1. The molecule has 0 radical (unpaired) electrons. The van der Waals surface area contributed by atoms with Crippen LogP contribution in [0, 0.1) is 3.57 Å². The molecule has 0 fully saturated rings. The molecule has 1 aromatic heterocycles. The second-order valence-corrected chi connectivity index (χ2v) is 4.19. The first-order chi connectivity index (χ1) is 6.74. The summed E-state index contributed by atoms with van der Waals surface area (Å²) in [5, 5.41) is 18.8. The molecule has 2 N–H and O–H groups in total. The van der Waals surface area contributed by atoms with Crippen LogP contribution in [-0.2, 0) is 13.2 Å². The van der Waals surface area contributed by atoms with E-state index in [1.165, 1.54) is 0 Å². The second-order valence-electron chi connectivity index (χ2n) is 3.02. The van der Waals surface area contributed by atoms with Crippen molar-refractivity contribution >= 4 is 33.6 Å². The van der Waals surface area contributed by atoms with Crippen molar-refractivity contribution in [2.24, 2.45) is 0 Å². The summed E-state index contributed by atoms with van der Waals surface area (Å²) in [4.78, 5) is 0.